The maximum atomic E-state index is 12.5. The van der Waals surface area contributed by atoms with E-state index in [1.807, 2.05) is 16.3 Å². The van der Waals surface area contributed by atoms with Crippen molar-refractivity contribution in [3.63, 3.8) is 0 Å². The van der Waals surface area contributed by atoms with Gasteiger partial charge in [-0.1, -0.05) is 0 Å². The summed E-state index contributed by atoms with van der Waals surface area (Å²) >= 11 is 5.79. The topological polar surface area (TPSA) is 23.6 Å². The summed E-state index contributed by atoms with van der Waals surface area (Å²) in [5.41, 5.74) is 0. The quantitative estimate of drug-likeness (QED) is 0.805. The lowest BCUT2D eigenvalue weighted by Crippen LogP contribution is -2.53. The van der Waals surface area contributed by atoms with Gasteiger partial charge in [0.05, 0.1) is 4.88 Å². The minimum Gasteiger partial charge on any atom is -0.338 e. The largest absolute Gasteiger partial charge is 0.338 e. The Morgan fingerprint density at radius 1 is 1.42 bits per heavy atom. The summed E-state index contributed by atoms with van der Waals surface area (Å²) in [7, 11) is 2.22. The molecule has 3 heterocycles. The van der Waals surface area contributed by atoms with Crippen LogP contribution in [-0.4, -0.2) is 48.4 Å². The van der Waals surface area contributed by atoms with E-state index in [-0.39, 0.29) is 5.91 Å². The Balaban J connectivity index is 1.69. The molecule has 2 aliphatic heterocycles. The number of nitrogens with zero attached hydrogens (tertiary/aromatic N) is 2. The van der Waals surface area contributed by atoms with E-state index in [0.717, 1.165) is 29.3 Å². The van der Waals surface area contributed by atoms with Crippen LogP contribution in [-0.2, 0) is 0 Å². The van der Waals surface area contributed by atoms with Gasteiger partial charge in [-0.05, 0) is 44.8 Å². The van der Waals surface area contributed by atoms with Crippen LogP contribution in [0.15, 0.2) is 16.3 Å². The SMILES string of the molecule is CN1CCCC2CN(C(=O)c3cc(S)cs3)CCC21. The lowest BCUT2D eigenvalue weighted by Gasteiger charge is -2.45. The Hall–Kier alpha value is -0.520. The Labute approximate surface area is 124 Å². The smallest absolute Gasteiger partial charge is 0.263 e. The molecule has 1 aromatic rings. The molecule has 2 saturated heterocycles. The average molecular weight is 296 g/mol. The van der Waals surface area contributed by atoms with Crippen molar-refractivity contribution in [3.05, 3.63) is 16.3 Å². The van der Waals surface area contributed by atoms with E-state index in [1.54, 1.807) is 0 Å². The van der Waals surface area contributed by atoms with Crippen LogP contribution in [0.2, 0.25) is 0 Å². The second-order valence-electron chi connectivity index (χ2n) is 5.66. The Kier molecular flexibility index (Phi) is 3.87. The number of thiophene rings is 1. The summed E-state index contributed by atoms with van der Waals surface area (Å²) in [6, 6.07) is 2.57. The minimum absolute atomic E-state index is 0.192. The molecule has 0 aromatic carbocycles. The zero-order valence-electron chi connectivity index (χ0n) is 11.2. The number of carbonyl (C=O) groups excluding carboxylic acids is 1. The van der Waals surface area contributed by atoms with Crippen LogP contribution in [0.3, 0.4) is 0 Å². The number of thiol groups is 1. The van der Waals surface area contributed by atoms with Crippen LogP contribution >= 0.6 is 24.0 Å². The van der Waals surface area contributed by atoms with Gasteiger partial charge < -0.3 is 9.80 Å². The fourth-order valence-electron chi connectivity index (χ4n) is 3.43. The molecule has 2 fully saturated rings. The second-order valence-corrected chi connectivity index (χ2v) is 7.09. The van der Waals surface area contributed by atoms with E-state index in [0.29, 0.717) is 12.0 Å². The van der Waals surface area contributed by atoms with Gasteiger partial charge in [0.1, 0.15) is 0 Å². The van der Waals surface area contributed by atoms with Crippen LogP contribution in [0.4, 0.5) is 0 Å². The highest BCUT2D eigenvalue weighted by Crippen LogP contribution is 2.31. The zero-order chi connectivity index (χ0) is 13.4. The average Bonchev–Trinajstić information content (AvgIpc) is 2.84. The van der Waals surface area contributed by atoms with Crippen molar-refractivity contribution in [3.8, 4) is 0 Å². The lowest BCUT2D eigenvalue weighted by atomic mass is 9.84. The first kappa shape index (κ1) is 13.5. The van der Waals surface area contributed by atoms with Crippen LogP contribution < -0.4 is 0 Å². The molecular formula is C14H20N2OS2. The Bertz CT molecular complexity index is 474. The summed E-state index contributed by atoms with van der Waals surface area (Å²) < 4.78 is 0. The monoisotopic (exact) mass is 296 g/mol. The molecule has 0 bridgehead atoms. The standard InChI is InChI=1S/C14H20N2OS2/c1-15-5-2-3-10-8-16(6-4-12(10)15)14(17)13-7-11(18)9-19-13/h7,9-10,12,18H,2-6,8H2,1H3. The van der Waals surface area contributed by atoms with E-state index in [4.69, 9.17) is 0 Å². The number of hydrogen-bond donors (Lipinski definition) is 1. The van der Waals surface area contributed by atoms with Gasteiger partial charge in [0.25, 0.3) is 5.91 Å². The van der Waals surface area contributed by atoms with Crippen molar-refractivity contribution in [1.29, 1.82) is 0 Å². The third kappa shape index (κ3) is 2.69. The summed E-state index contributed by atoms with van der Waals surface area (Å²) in [5, 5.41) is 1.93. The highest BCUT2D eigenvalue weighted by atomic mass is 32.1. The molecule has 1 aromatic heterocycles. The Morgan fingerprint density at radius 2 is 2.26 bits per heavy atom. The van der Waals surface area contributed by atoms with Crippen molar-refractivity contribution in [2.24, 2.45) is 5.92 Å². The van der Waals surface area contributed by atoms with Gasteiger partial charge in [0.15, 0.2) is 0 Å². The van der Waals surface area contributed by atoms with E-state index in [9.17, 15) is 4.79 Å². The number of amides is 1. The molecule has 19 heavy (non-hydrogen) atoms. The van der Waals surface area contributed by atoms with Crippen molar-refractivity contribution in [1.82, 2.24) is 9.80 Å². The van der Waals surface area contributed by atoms with Crippen LogP contribution in [0.5, 0.6) is 0 Å². The molecule has 2 atom stereocenters. The molecule has 2 aliphatic rings. The summed E-state index contributed by atoms with van der Waals surface area (Å²) in [6.07, 6.45) is 3.65. The highest BCUT2D eigenvalue weighted by Gasteiger charge is 2.36. The molecule has 1 amide bonds. The fourth-order valence-corrected chi connectivity index (χ4v) is 4.55. The molecule has 2 unspecified atom stereocenters. The van der Waals surface area contributed by atoms with E-state index >= 15 is 0 Å². The maximum absolute atomic E-state index is 12.5. The van der Waals surface area contributed by atoms with Gasteiger partial charge in [-0.3, -0.25) is 4.79 Å². The van der Waals surface area contributed by atoms with Crippen molar-refractivity contribution < 1.29 is 4.79 Å². The molecule has 0 radical (unpaired) electrons. The molecule has 3 nitrogen and oxygen atoms in total. The first-order valence-corrected chi connectivity index (χ1v) is 8.25. The van der Waals surface area contributed by atoms with Crippen molar-refractivity contribution in [2.75, 3.05) is 26.7 Å². The number of likely N-dealkylation sites (tertiary alicyclic amines) is 2. The number of rotatable bonds is 1. The van der Waals surface area contributed by atoms with E-state index < -0.39 is 0 Å². The van der Waals surface area contributed by atoms with Gasteiger partial charge in [0, 0.05) is 29.4 Å². The summed E-state index contributed by atoms with van der Waals surface area (Å²) in [6.45, 7) is 3.03. The normalized spacial score (nSPS) is 28.2. The van der Waals surface area contributed by atoms with Crippen LogP contribution in [0.1, 0.15) is 28.9 Å². The molecule has 0 spiro atoms. The first-order chi connectivity index (χ1) is 9.15. The van der Waals surface area contributed by atoms with Crippen LogP contribution in [0, 0.1) is 5.92 Å². The molecule has 3 rings (SSSR count). The van der Waals surface area contributed by atoms with Crippen molar-refractivity contribution >= 4 is 29.9 Å². The Morgan fingerprint density at radius 3 is 3.00 bits per heavy atom. The minimum atomic E-state index is 0.192. The van der Waals surface area contributed by atoms with Crippen LogP contribution in [0.25, 0.3) is 0 Å². The highest BCUT2D eigenvalue weighted by molar-refractivity contribution is 7.80. The summed E-state index contributed by atoms with van der Waals surface area (Å²) in [4.78, 5) is 18.7. The molecule has 104 valence electrons. The number of carbonyl (C=O) groups is 1. The van der Waals surface area contributed by atoms with Gasteiger partial charge in [0.2, 0.25) is 0 Å². The summed E-state index contributed by atoms with van der Waals surface area (Å²) in [5.74, 6) is 0.851. The molecule has 0 N–H and O–H groups in total. The van der Waals surface area contributed by atoms with Gasteiger partial charge in [-0.2, -0.15) is 0 Å². The number of hydrogen-bond acceptors (Lipinski definition) is 4. The van der Waals surface area contributed by atoms with Crippen molar-refractivity contribution in [2.45, 2.75) is 30.2 Å². The fraction of sp³-hybridized carbons (Fsp3) is 0.643. The third-order valence-electron chi connectivity index (χ3n) is 4.43. The molecular weight excluding hydrogens is 276 g/mol. The van der Waals surface area contributed by atoms with E-state index in [2.05, 4.69) is 24.6 Å². The van der Waals surface area contributed by atoms with Gasteiger partial charge >= 0.3 is 0 Å². The zero-order valence-corrected chi connectivity index (χ0v) is 12.9. The first-order valence-electron chi connectivity index (χ1n) is 6.92. The lowest BCUT2D eigenvalue weighted by molar-refractivity contribution is 0.0320. The molecule has 0 aliphatic carbocycles. The predicted molar refractivity (Wildman–Crippen MR) is 81.2 cm³/mol. The second kappa shape index (κ2) is 5.46. The van der Waals surface area contributed by atoms with E-state index in [1.165, 1.54) is 30.7 Å². The van der Waals surface area contributed by atoms with Gasteiger partial charge in [-0.25, -0.2) is 0 Å². The molecule has 5 heteroatoms. The maximum Gasteiger partial charge on any atom is 0.263 e. The number of piperidine rings is 2. The third-order valence-corrected chi connectivity index (χ3v) is 5.78. The predicted octanol–water partition coefficient (Wildman–Crippen LogP) is 2.59. The molecule has 0 saturated carbocycles. The number of fused-ring (bicyclic) bond motifs is 1. The van der Waals surface area contributed by atoms with Gasteiger partial charge in [-0.15, -0.1) is 24.0 Å².